The van der Waals surface area contributed by atoms with Crippen LogP contribution in [-0.4, -0.2) is 34.8 Å². The summed E-state index contributed by atoms with van der Waals surface area (Å²) in [7, 11) is -2.21. The van der Waals surface area contributed by atoms with E-state index in [0.29, 0.717) is 27.8 Å². The van der Waals surface area contributed by atoms with Gasteiger partial charge in [-0.3, -0.25) is 4.79 Å². The third kappa shape index (κ3) is 4.69. The van der Waals surface area contributed by atoms with E-state index < -0.39 is 15.8 Å². The van der Waals surface area contributed by atoms with Gasteiger partial charge in [0.2, 0.25) is 15.9 Å². The van der Waals surface area contributed by atoms with Crippen molar-refractivity contribution in [2.45, 2.75) is 23.9 Å². The third-order valence-electron chi connectivity index (χ3n) is 4.53. The van der Waals surface area contributed by atoms with Crippen LogP contribution in [0, 0.1) is 19.7 Å². The highest BCUT2D eigenvalue weighted by atomic mass is 32.2. The second kappa shape index (κ2) is 8.54. The number of aromatic nitrogens is 3. The van der Waals surface area contributed by atoms with E-state index in [9.17, 15) is 17.6 Å². The first-order chi connectivity index (χ1) is 14.1. The molecule has 0 fully saturated rings. The van der Waals surface area contributed by atoms with Crippen LogP contribution in [0.25, 0.3) is 11.4 Å². The number of sulfonamides is 1. The Bertz CT molecular complexity index is 1220. The highest BCUT2D eigenvalue weighted by molar-refractivity contribution is 7.99. The second-order valence-electron chi connectivity index (χ2n) is 6.64. The molecule has 2 aromatic carbocycles. The number of rotatable bonds is 6. The van der Waals surface area contributed by atoms with E-state index in [1.54, 1.807) is 43.7 Å². The first kappa shape index (κ1) is 21.9. The van der Waals surface area contributed by atoms with Crippen molar-refractivity contribution in [2.24, 2.45) is 12.2 Å². The number of anilines is 1. The highest BCUT2D eigenvalue weighted by Gasteiger charge is 2.17. The average molecular weight is 450 g/mol. The zero-order valence-corrected chi connectivity index (χ0v) is 18.1. The first-order valence-electron chi connectivity index (χ1n) is 8.79. The number of carbonyl (C=O) groups is 1. The van der Waals surface area contributed by atoms with Crippen LogP contribution in [0.1, 0.15) is 11.1 Å². The molecule has 11 heteroatoms. The van der Waals surface area contributed by atoms with Crippen LogP contribution in [0.5, 0.6) is 0 Å². The van der Waals surface area contributed by atoms with Crippen molar-refractivity contribution >= 4 is 33.4 Å². The molecule has 0 aliphatic rings. The lowest BCUT2D eigenvalue weighted by atomic mass is 10.1. The fourth-order valence-corrected chi connectivity index (χ4v) is 4.09. The number of amides is 1. The molecular formula is C19H20FN5O3S2. The molecule has 3 aromatic rings. The summed E-state index contributed by atoms with van der Waals surface area (Å²) in [6.07, 6.45) is 0. The lowest BCUT2D eigenvalue weighted by Crippen LogP contribution is -2.17. The molecule has 0 saturated heterocycles. The van der Waals surface area contributed by atoms with Crippen LogP contribution < -0.4 is 10.5 Å². The standard InChI is InChI=1S/C19H20FN5O3S2/c1-11-8-13(30(21,27)28)9-16(12(11)2)22-17(26)10-29-19-24-23-18(25(19)3)14-6-4-5-7-15(14)20/h4-9H,10H2,1-3H3,(H,22,26)(H2,21,27,28). The van der Waals surface area contributed by atoms with E-state index in [2.05, 4.69) is 15.5 Å². The molecule has 3 rings (SSSR count). The Balaban J connectivity index is 1.74. The van der Waals surface area contributed by atoms with E-state index >= 15 is 0 Å². The molecule has 0 bridgehead atoms. The van der Waals surface area contributed by atoms with Gasteiger partial charge in [-0.15, -0.1) is 10.2 Å². The zero-order chi connectivity index (χ0) is 22.1. The molecule has 0 radical (unpaired) electrons. The first-order valence-corrected chi connectivity index (χ1v) is 11.3. The van der Waals surface area contributed by atoms with Gasteiger partial charge in [-0.2, -0.15) is 0 Å². The number of thioether (sulfide) groups is 1. The normalized spacial score (nSPS) is 11.5. The zero-order valence-electron chi connectivity index (χ0n) is 16.5. The molecule has 0 unspecified atom stereocenters. The van der Waals surface area contributed by atoms with Gasteiger partial charge >= 0.3 is 0 Å². The number of carbonyl (C=O) groups excluding carboxylic acids is 1. The lowest BCUT2D eigenvalue weighted by molar-refractivity contribution is -0.113. The largest absolute Gasteiger partial charge is 0.325 e. The molecule has 0 aliphatic carbocycles. The summed E-state index contributed by atoms with van der Waals surface area (Å²) in [5.41, 5.74) is 2.11. The number of nitrogens with two attached hydrogens (primary N) is 1. The van der Waals surface area contributed by atoms with E-state index in [1.807, 2.05) is 0 Å². The predicted molar refractivity (Wildman–Crippen MR) is 113 cm³/mol. The van der Waals surface area contributed by atoms with Gasteiger partial charge in [0.05, 0.1) is 16.2 Å². The van der Waals surface area contributed by atoms with E-state index in [-0.39, 0.29) is 16.6 Å². The fourth-order valence-electron chi connectivity index (χ4n) is 2.75. The molecule has 8 nitrogen and oxygen atoms in total. The van der Waals surface area contributed by atoms with Crippen molar-refractivity contribution in [2.75, 3.05) is 11.1 Å². The number of hydrogen-bond donors (Lipinski definition) is 2. The van der Waals surface area contributed by atoms with Gasteiger partial charge in [0.15, 0.2) is 11.0 Å². The van der Waals surface area contributed by atoms with Gasteiger partial charge in [0, 0.05) is 12.7 Å². The minimum Gasteiger partial charge on any atom is -0.325 e. The number of nitrogens with one attached hydrogen (secondary N) is 1. The maximum absolute atomic E-state index is 14.0. The molecule has 0 aliphatic heterocycles. The highest BCUT2D eigenvalue weighted by Crippen LogP contribution is 2.26. The van der Waals surface area contributed by atoms with Gasteiger partial charge in [0.1, 0.15) is 5.82 Å². The van der Waals surface area contributed by atoms with Crippen molar-refractivity contribution < 1.29 is 17.6 Å². The van der Waals surface area contributed by atoms with Gasteiger partial charge in [-0.25, -0.2) is 17.9 Å². The molecule has 158 valence electrons. The van der Waals surface area contributed by atoms with Gasteiger partial charge < -0.3 is 9.88 Å². The summed E-state index contributed by atoms with van der Waals surface area (Å²) in [4.78, 5) is 12.3. The number of halogens is 1. The van der Waals surface area contributed by atoms with Crippen LogP contribution in [0.15, 0.2) is 46.5 Å². The molecule has 3 N–H and O–H groups in total. The van der Waals surface area contributed by atoms with Gasteiger partial charge in [-0.05, 0) is 49.2 Å². The Labute approximate surface area is 177 Å². The van der Waals surface area contributed by atoms with Crippen molar-refractivity contribution in [1.29, 1.82) is 0 Å². The Morgan fingerprint density at radius 3 is 2.60 bits per heavy atom. The molecule has 1 heterocycles. The summed E-state index contributed by atoms with van der Waals surface area (Å²) in [5, 5.41) is 16.4. The number of benzene rings is 2. The average Bonchev–Trinajstić information content (AvgIpc) is 3.03. The van der Waals surface area contributed by atoms with E-state index in [0.717, 1.165) is 17.3 Å². The van der Waals surface area contributed by atoms with E-state index in [1.165, 1.54) is 18.2 Å². The maximum atomic E-state index is 14.0. The fraction of sp³-hybridized carbons (Fsp3) is 0.211. The number of aryl methyl sites for hydroxylation is 1. The molecule has 0 atom stereocenters. The summed E-state index contributed by atoms with van der Waals surface area (Å²) >= 11 is 1.13. The Morgan fingerprint density at radius 1 is 1.23 bits per heavy atom. The number of nitrogens with zero attached hydrogens (tertiary/aromatic N) is 3. The molecular weight excluding hydrogens is 429 g/mol. The minimum absolute atomic E-state index is 0.00132. The molecule has 30 heavy (non-hydrogen) atoms. The van der Waals surface area contributed by atoms with Crippen LogP contribution in [0.2, 0.25) is 0 Å². The molecule has 0 saturated carbocycles. The van der Waals surface area contributed by atoms with Crippen LogP contribution in [0.3, 0.4) is 0 Å². The quantitative estimate of drug-likeness (QED) is 0.558. The lowest BCUT2D eigenvalue weighted by Gasteiger charge is -2.12. The van der Waals surface area contributed by atoms with Gasteiger partial charge in [-0.1, -0.05) is 23.9 Å². The monoisotopic (exact) mass is 449 g/mol. The predicted octanol–water partition coefficient (Wildman–Crippen LogP) is 2.62. The summed E-state index contributed by atoms with van der Waals surface area (Å²) in [5.74, 6) is -0.419. The minimum atomic E-state index is -3.90. The summed E-state index contributed by atoms with van der Waals surface area (Å²) < 4.78 is 38.9. The summed E-state index contributed by atoms with van der Waals surface area (Å²) in [6, 6.07) is 9.02. The molecule has 0 spiro atoms. The van der Waals surface area contributed by atoms with Gasteiger partial charge in [0.25, 0.3) is 0 Å². The third-order valence-corrected chi connectivity index (χ3v) is 6.44. The molecule has 1 amide bonds. The summed E-state index contributed by atoms with van der Waals surface area (Å²) in [6.45, 7) is 3.51. The van der Waals surface area contributed by atoms with Crippen LogP contribution in [-0.2, 0) is 21.9 Å². The Kier molecular flexibility index (Phi) is 6.25. The van der Waals surface area contributed by atoms with Crippen molar-refractivity contribution in [3.05, 3.63) is 53.3 Å². The topological polar surface area (TPSA) is 120 Å². The molecule has 1 aromatic heterocycles. The van der Waals surface area contributed by atoms with Crippen LogP contribution in [0.4, 0.5) is 10.1 Å². The van der Waals surface area contributed by atoms with Crippen molar-refractivity contribution in [3.8, 4) is 11.4 Å². The maximum Gasteiger partial charge on any atom is 0.238 e. The Morgan fingerprint density at radius 2 is 1.93 bits per heavy atom. The second-order valence-corrected chi connectivity index (χ2v) is 9.14. The van der Waals surface area contributed by atoms with Crippen molar-refractivity contribution in [3.63, 3.8) is 0 Å². The SMILES string of the molecule is Cc1cc(S(N)(=O)=O)cc(NC(=O)CSc2nnc(-c3ccccc3F)n2C)c1C. The van der Waals surface area contributed by atoms with Crippen LogP contribution >= 0.6 is 11.8 Å². The van der Waals surface area contributed by atoms with Crippen molar-refractivity contribution in [1.82, 2.24) is 14.8 Å². The smallest absolute Gasteiger partial charge is 0.238 e. The Hall–Kier alpha value is -2.76. The number of primary sulfonamides is 1. The van der Waals surface area contributed by atoms with E-state index in [4.69, 9.17) is 5.14 Å². The number of hydrogen-bond acceptors (Lipinski definition) is 6.